The van der Waals surface area contributed by atoms with Crippen LogP contribution in [0.2, 0.25) is 0 Å². The topological polar surface area (TPSA) is 59.5 Å². The van der Waals surface area contributed by atoms with Gasteiger partial charge in [0.15, 0.2) is 0 Å². The molecule has 1 aliphatic carbocycles. The molecule has 0 radical (unpaired) electrons. The first-order chi connectivity index (χ1) is 13.2. The molecule has 0 bridgehead atoms. The molecule has 3 heterocycles. The molecule has 2 N–H and O–H groups in total. The highest BCUT2D eigenvalue weighted by Crippen LogP contribution is 2.46. The van der Waals surface area contributed by atoms with E-state index in [4.69, 9.17) is 10.7 Å². The number of aromatic nitrogens is 3. The number of fused-ring (bicyclic) bond motifs is 1. The second-order valence-corrected chi connectivity index (χ2v) is 8.21. The SMILES string of the molecule is Cc1nc(N2CCC3(CCC[C@H]3N)CC2)n2ccnc2c1-c1ccccc1. The van der Waals surface area contributed by atoms with Gasteiger partial charge < -0.3 is 10.6 Å². The predicted molar refractivity (Wildman–Crippen MR) is 109 cm³/mol. The zero-order valence-corrected chi connectivity index (χ0v) is 15.9. The Morgan fingerprint density at radius 3 is 2.59 bits per heavy atom. The largest absolute Gasteiger partial charge is 0.342 e. The van der Waals surface area contributed by atoms with Gasteiger partial charge in [0.05, 0.1) is 5.69 Å². The lowest BCUT2D eigenvalue weighted by molar-refractivity contribution is 0.197. The Balaban J connectivity index is 1.52. The normalized spacial score (nSPS) is 22.0. The van der Waals surface area contributed by atoms with E-state index in [1.165, 1.54) is 37.7 Å². The Labute approximate surface area is 160 Å². The molecule has 2 aliphatic rings. The summed E-state index contributed by atoms with van der Waals surface area (Å²) in [6.45, 7) is 4.15. The fourth-order valence-electron chi connectivity index (χ4n) is 5.18. The summed E-state index contributed by atoms with van der Waals surface area (Å²) in [6.07, 6.45) is 10.0. The van der Waals surface area contributed by atoms with Crippen LogP contribution in [0.25, 0.3) is 16.8 Å². The van der Waals surface area contributed by atoms with Crippen LogP contribution < -0.4 is 10.6 Å². The molecular formula is C22H27N5. The van der Waals surface area contributed by atoms with E-state index in [-0.39, 0.29) is 0 Å². The quantitative estimate of drug-likeness (QED) is 0.754. The van der Waals surface area contributed by atoms with Crippen molar-refractivity contribution in [1.82, 2.24) is 14.4 Å². The van der Waals surface area contributed by atoms with Crippen molar-refractivity contribution in [3.05, 3.63) is 48.4 Å². The summed E-state index contributed by atoms with van der Waals surface area (Å²) in [5.41, 5.74) is 11.1. The third-order valence-corrected chi connectivity index (χ3v) is 6.79. The van der Waals surface area contributed by atoms with Crippen LogP contribution in [0.1, 0.15) is 37.8 Å². The maximum absolute atomic E-state index is 6.46. The number of aryl methyl sites for hydroxylation is 1. The first kappa shape index (κ1) is 16.8. The predicted octanol–water partition coefficient (Wildman–Crippen LogP) is 3.80. The number of hydrogen-bond acceptors (Lipinski definition) is 4. The van der Waals surface area contributed by atoms with E-state index in [1.807, 2.05) is 18.5 Å². The van der Waals surface area contributed by atoms with E-state index in [1.54, 1.807) is 0 Å². The molecule has 1 atom stereocenters. The molecule has 5 rings (SSSR count). The summed E-state index contributed by atoms with van der Waals surface area (Å²) in [5.74, 6) is 1.01. The highest BCUT2D eigenvalue weighted by atomic mass is 15.3. The molecule has 2 fully saturated rings. The number of hydrogen-bond donors (Lipinski definition) is 1. The number of piperidine rings is 1. The van der Waals surface area contributed by atoms with Gasteiger partial charge in [-0.25, -0.2) is 9.97 Å². The Morgan fingerprint density at radius 1 is 1.11 bits per heavy atom. The summed E-state index contributed by atoms with van der Waals surface area (Å²) in [7, 11) is 0. The third kappa shape index (κ3) is 2.64. The average molecular weight is 361 g/mol. The molecule has 5 heteroatoms. The molecule has 0 unspecified atom stereocenters. The lowest BCUT2D eigenvalue weighted by Gasteiger charge is -2.42. The number of nitrogens with two attached hydrogens (primary N) is 1. The summed E-state index contributed by atoms with van der Waals surface area (Å²) < 4.78 is 2.15. The first-order valence-electron chi connectivity index (χ1n) is 10.1. The summed E-state index contributed by atoms with van der Waals surface area (Å²) >= 11 is 0. The minimum absolute atomic E-state index is 0.365. The van der Waals surface area contributed by atoms with Crippen molar-refractivity contribution in [3.63, 3.8) is 0 Å². The Bertz CT molecular complexity index is 953. The van der Waals surface area contributed by atoms with Crippen LogP contribution >= 0.6 is 0 Å². The van der Waals surface area contributed by atoms with Crippen LogP contribution in [0.5, 0.6) is 0 Å². The molecule has 5 nitrogen and oxygen atoms in total. The average Bonchev–Trinajstić information content (AvgIpc) is 3.30. The smallest absolute Gasteiger partial charge is 0.211 e. The molecule has 0 amide bonds. The molecule has 27 heavy (non-hydrogen) atoms. The standard InChI is InChI=1S/C22H27N5/c1-16-19(17-6-3-2-4-7-17)20-24-12-15-27(20)21(25-16)26-13-10-22(11-14-26)9-5-8-18(22)23/h2-4,6-7,12,15,18H,5,8-11,13-14,23H2,1H3/t18-/m1/s1. The van der Waals surface area contributed by atoms with Crippen molar-refractivity contribution in [3.8, 4) is 11.1 Å². The van der Waals surface area contributed by atoms with Gasteiger partial charge in [0.1, 0.15) is 5.65 Å². The molecule has 1 saturated heterocycles. The highest BCUT2D eigenvalue weighted by Gasteiger charge is 2.43. The minimum Gasteiger partial charge on any atom is -0.342 e. The van der Waals surface area contributed by atoms with Crippen LogP contribution in [0.4, 0.5) is 5.95 Å². The van der Waals surface area contributed by atoms with Crippen LogP contribution in [-0.4, -0.2) is 33.5 Å². The van der Waals surface area contributed by atoms with E-state index < -0.39 is 0 Å². The number of anilines is 1. The zero-order chi connectivity index (χ0) is 18.4. The molecule has 1 saturated carbocycles. The van der Waals surface area contributed by atoms with Gasteiger partial charge in [0.2, 0.25) is 5.95 Å². The van der Waals surface area contributed by atoms with Gasteiger partial charge in [-0.3, -0.25) is 4.40 Å². The van der Waals surface area contributed by atoms with Crippen LogP contribution in [0.15, 0.2) is 42.7 Å². The van der Waals surface area contributed by atoms with Gasteiger partial charge in [-0.1, -0.05) is 36.8 Å². The lowest BCUT2D eigenvalue weighted by Crippen LogP contribution is -2.47. The maximum Gasteiger partial charge on any atom is 0.211 e. The van der Waals surface area contributed by atoms with Crippen molar-refractivity contribution >= 4 is 11.6 Å². The second-order valence-electron chi connectivity index (χ2n) is 8.21. The third-order valence-electron chi connectivity index (χ3n) is 6.79. The minimum atomic E-state index is 0.365. The van der Waals surface area contributed by atoms with Gasteiger partial charge in [0.25, 0.3) is 0 Å². The van der Waals surface area contributed by atoms with Gasteiger partial charge in [-0.05, 0) is 43.6 Å². The fraction of sp³-hybridized carbons (Fsp3) is 0.455. The zero-order valence-electron chi connectivity index (χ0n) is 15.9. The first-order valence-corrected chi connectivity index (χ1v) is 10.1. The van der Waals surface area contributed by atoms with Gasteiger partial charge in [-0.2, -0.15) is 0 Å². The Morgan fingerprint density at radius 2 is 1.89 bits per heavy atom. The monoisotopic (exact) mass is 361 g/mol. The van der Waals surface area contributed by atoms with Crippen molar-refractivity contribution in [1.29, 1.82) is 0 Å². The fourth-order valence-corrected chi connectivity index (χ4v) is 5.18. The number of imidazole rings is 1. The number of nitrogens with zero attached hydrogens (tertiary/aromatic N) is 4. The number of benzene rings is 1. The second kappa shape index (κ2) is 6.34. The highest BCUT2D eigenvalue weighted by molar-refractivity contribution is 5.80. The molecule has 1 aliphatic heterocycles. The van der Waals surface area contributed by atoms with E-state index in [0.717, 1.165) is 35.9 Å². The lowest BCUT2D eigenvalue weighted by atomic mass is 9.74. The molecule has 1 aromatic carbocycles. The molecular weight excluding hydrogens is 334 g/mol. The Kier molecular flexibility index (Phi) is 3.93. The van der Waals surface area contributed by atoms with E-state index in [0.29, 0.717) is 11.5 Å². The molecule has 140 valence electrons. The maximum atomic E-state index is 6.46. The van der Waals surface area contributed by atoms with Crippen molar-refractivity contribution in [2.24, 2.45) is 11.1 Å². The van der Waals surface area contributed by atoms with Gasteiger partial charge in [-0.15, -0.1) is 0 Å². The number of rotatable bonds is 2. The molecule has 2 aromatic heterocycles. The van der Waals surface area contributed by atoms with E-state index >= 15 is 0 Å². The summed E-state index contributed by atoms with van der Waals surface area (Å²) in [6, 6.07) is 10.8. The Hall–Kier alpha value is -2.40. The van der Waals surface area contributed by atoms with Crippen molar-refractivity contribution in [2.45, 2.75) is 45.1 Å². The summed E-state index contributed by atoms with van der Waals surface area (Å²) in [4.78, 5) is 12.1. The molecule has 3 aromatic rings. The van der Waals surface area contributed by atoms with Crippen molar-refractivity contribution in [2.75, 3.05) is 18.0 Å². The van der Waals surface area contributed by atoms with Gasteiger partial charge in [0, 0.05) is 37.1 Å². The van der Waals surface area contributed by atoms with Crippen molar-refractivity contribution < 1.29 is 0 Å². The van der Waals surface area contributed by atoms with Crippen LogP contribution in [0, 0.1) is 12.3 Å². The van der Waals surface area contributed by atoms with E-state index in [9.17, 15) is 0 Å². The summed E-state index contributed by atoms with van der Waals surface area (Å²) in [5, 5.41) is 0. The molecule has 1 spiro atoms. The van der Waals surface area contributed by atoms with Crippen LogP contribution in [-0.2, 0) is 0 Å². The van der Waals surface area contributed by atoms with E-state index in [2.05, 4.69) is 45.5 Å². The van der Waals surface area contributed by atoms with Crippen LogP contribution in [0.3, 0.4) is 0 Å². The van der Waals surface area contributed by atoms with Gasteiger partial charge >= 0.3 is 0 Å².